The zero-order valence-corrected chi connectivity index (χ0v) is 15.8. The maximum absolute atomic E-state index is 12.6. The fourth-order valence-electron chi connectivity index (χ4n) is 3.68. The number of carbonyl (C=O) groups excluding carboxylic acids is 1. The van der Waals surface area contributed by atoms with Crippen LogP contribution in [0.4, 0.5) is 0 Å². The lowest BCUT2D eigenvalue weighted by atomic mass is 9.96. The summed E-state index contributed by atoms with van der Waals surface area (Å²) in [5.74, 6) is 0.144. The summed E-state index contributed by atoms with van der Waals surface area (Å²) in [5.41, 5.74) is 1.04. The number of nitrogens with one attached hydrogen (secondary N) is 1. The SMILES string of the molecule is O=C(NCc1ccccc1)C1CCN(Cn2ncc3ccccc3c2=O)CC1. The molecule has 28 heavy (non-hydrogen) atoms. The van der Waals surface area contributed by atoms with E-state index in [4.69, 9.17) is 0 Å². The van der Waals surface area contributed by atoms with Crippen LogP contribution in [0.1, 0.15) is 18.4 Å². The molecule has 6 nitrogen and oxygen atoms in total. The smallest absolute Gasteiger partial charge is 0.275 e. The summed E-state index contributed by atoms with van der Waals surface area (Å²) in [4.78, 5) is 27.2. The number of fused-ring (bicyclic) bond motifs is 1. The van der Waals surface area contributed by atoms with Gasteiger partial charge in [-0.1, -0.05) is 48.5 Å². The molecule has 1 amide bonds. The largest absolute Gasteiger partial charge is 0.352 e. The van der Waals surface area contributed by atoms with Crippen molar-refractivity contribution in [2.75, 3.05) is 13.1 Å². The van der Waals surface area contributed by atoms with Crippen molar-refractivity contribution < 1.29 is 4.79 Å². The quantitative estimate of drug-likeness (QED) is 0.742. The molecule has 0 spiro atoms. The van der Waals surface area contributed by atoms with Crippen molar-refractivity contribution in [3.8, 4) is 0 Å². The number of nitrogens with zero attached hydrogens (tertiary/aromatic N) is 3. The van der Waals surface area contributed by atoms with Crippen LogP contribution in [0.15, 0.2) is 65.6 Å². The molecule has 6 heteroatoms. The van der Waals surface area contributed by atoms with E-state index < -0.39 is 0 Å². The van der Waals surface area contributed by atoms with Crippen molar-refractivity contribution in [3.63, 3.8) is 0 Å². The van der Waals surface area contributed by atoms with E-state index in [1.807, 2.05) is 54.6 Å². The lowest BCUT2D eigenvalue weighted by molar-refractivity contribution is -0.126. The Morgan fingerprint density at radius 3 is 2.54 bits per heavy atom. The molecular weight excluding hydrogens is 352 g/mol. The summed E-state index contributed by atoms with van der Waals surface area (Å²) in [7, 11) is 0. The van der Waals surface area contributed by atoms with E-state index in [0.29, 0.717) is 18.6 Å². The van der Waals surface area contributed by atoms with Crippen LogP contribution in [-0.2, 0) is 18.0 Å². The van der Waals surface area contributed by atoms with Crippen LogP contribution >= 0.6 is 0 Å². The van der Waals surface area contributed by atoms with Gasteiger partial charge in [0.15, 0.2) is 0 Å². The molecule has 2 aromatic carbocycles. The van der Waals surface area contributed by atoms with Crippen molar-refractivity contribution in [2.45, 2.75) is 26.1 Å². The molecular formula is C22H24N4O2. The molecule has 0 atom stereocenters. The van der Waals surface area contributed by atoms with Gasteiger partial charge in [-0.3, -0.25) is 14.5 Å². The minimum absolute atomic E-state index is 0.0289. The molecule has 1 saturated heterocycles. The van der Waals surface area contributed by atoms with Gasteiger partial charge >= 0.3 is 0 Å². The maximum atomic E-state index is 12.6. The van der Waals surface area contributed by atoms with Gasteiger partial charge in [0.25, 0.3) is 5.56 Å². The predicted octanol–water partition coefficient (Wildman–Crippen LogP) is 2.38. The second-order valence-electron chi connectivity index (χ2n) is 7.27. The molecule has 2 heterocycles. The second-order valence-corrected chi connectivity index (χ2v) is 7.27. The number of likely N-dealkylation sites (tertiary alicyclic amines) is 1. The Morgan fingerprint density at radius 2 is 1.75 bits per heavy atom. The van der Waals surface area contributed by atoms with Gasteiger partial charge in [-0.15, -0.1) is 0 Å². The molecule has 0 aliphatic carbocycles. The molecule has 144 valence electrons. The molecule has 3 aromatic rings. The molecule has 1 N–H and O–H groups in total. The van der Waals surface area contributed by atoms with E-state index in [-0.39, 0.29) is 17.4 Å². The highest BCUT2D eigenvalue weighted by Gasteiger charge is 2.25. The number of piperidine rings is 1. The van der Waals surface area contributed by atoms with Crippen molar-refractivity contribution in [1.82, 2.24) is 20.0 Å². The van der Waals surface area contributed by atoms with Gasteiger partial charge in [-0.05, 0) is 24.5 Å². The molecule has 0 radical (unpaired) electrons. The Morgan fingerprint density at radius 1 is 1.04 bits per heavy atom. The van der Waals surface area contributed by atoms with Gasteiger partial charge in [-0.25, -0.2) is 4.68 Å². The van der Waals surface area contributed by atoms with Crippen molar-refractivity contribution in [2.24, 2.45) is 5.92 Å². The number of aromatic nitrogens is 2. The van der Waals surface area contributed by atoms with Gasteiger partial charge in [-0.2, -0.15) is 5.10 Å². The van der Waals surface area contributed by atoms with Crippen molar-refractivity contribution in [1.29, 1.82) is 0 Å². The maximum Gasteiger partial charge on any atom is 0.275 e. The third-order valence-corrected chi connectivity index (χ3v) is 5.36. The van der Waals surface area contributed by atoms with Gasteiger partial charge in [0, 0.05) is 30.9 Å². The molecule has 1 aliphatic rings. The molecule has 1 fully saturated rings. The summed E-state index contributed by atoms with van der Waals surface area (Å²) < 4.78 is 1.51. The zero-order valence-electron chi connectivity index (χ0n) is 15.8. The highest BCUT2D eigenvalue weighted by molar-refractivity contribution is 5.80. The summed E-state index contributed by atoms with van der Waals surface area (Å²) in [5, 5.41) is 8.88. The average molecular weight is 376 g/mol. The van der Waals surface area contributed by atoms with Crippen LogP contribution in [0.5, 0.6) is 0 Å². The average Bonchev–Trinajstić information content (AvgIpc) is 2.75. The van der Waals surface area contributed by atoms with Crippen LogP contribution in [0.3, 0.4) is 0 Å². The Balaban J connectivity index is 1.31. The second kappa shape index (κ2) is 8.35. The number of hydrogen-bond donors (Lipinski definition) is 1. The van der Waals surface area contributed by atoms with Crippen LogP contribution in [0.2, 0.25) is 0 Å². The van der Waals surface area contributed by atoms with Crippen LogP contribution in [0, 0.1) is 5.92 Å². The number of benzene rings is 2. The highest BCUT2D eigenvalue weighted by Crippen LogP contribution is 2.18. The number of amides is 1. The van der Waals surface area contributed by atoms with Crippen molar-refractivity contribution >= 4 is 16.7 Å². The van der Waals surface area contributed by atoms with E-state index in [0.717, 1.165) is 36.9 Å². The summed E-state index contributed by atoms with van der Waals surface area (Å²) in [6.45, 7) is 2.59. The topological polar surface area (TPSA) is 67.2 Å². The van der Waals surface area contributed by atoms with E-state index in [1.165, 1.54) is 4.68 Å². The summed E-state index contributed by atoms with van der Waals surface area (Å²) in [6.07, 6.45) is 3.33. The van der Waals surface area contributed by atoms with Crippen LogP contribution in [-0.4, -0.2) is 33.7 Å². The first-order valence-corrected chi connectivity index (χ1v) is 9.69. The molecule has 0 saturated carbocycles. The van der Waals surface area contributed by atoms with E-state index in [9.17, 15) is 9.59 Å². The van der Waals surface area contributed by atoms with E-state index in [2.05, 4.69) is 15.3 Å². The molecule has 1 aliphatic heterocycles. The Hall–Kier alpha value is -2.99. The standard InChI is InChI=1S/C22H24N4O2/c27-21(23-14-17-6-2-1-3-7-17)18-10-12-25(13-11-18)16-26-22(28)20-9-5-4-8-19(20)15-24-26/h1-9,15,18H,10-14,16H2,(H,23,27). The summed E-state index contributed by atoms with van der Waals surface area (Å²) >= 11 is 0. The molecule has 0 unspecified atom stereocenters. The molecule has 4 rings (SSSR count). The fraction of sp³-hybridized carbons (Fsp3) is 0.318. The highest BCUT2D eigenvalue weighted by atomic mass is 16.2. The number of carbonyl (C=O) groups is 1. The van der Waals surface area contributed by atoms with Crippen molar-refractivity contribution in [3.05, 3.63) is 76.7 Å². The van der Waals surface area contributed by atoms with Gasteiger partial charge in [0.2, 0.25) is 5.91 Å². The lowest BCUT2D eigenvalue weighted by Crippen LogP contribution is -2.42. The molecule has 1 aromatic heterocycles. The summed E-state index contributed by atoms with van der Waals surface area (Å²) in [6, 6.07) is 17.4. The normalized spacial score (nSPS) is 15.6. The van der Waals surface area contributed by atoms with E-state index >= 15 is 0 Å². The Bertz CT molecular complexity index is 1010. The van der Waals surface area contributed by atoms with Gasteiger partial charge in [0.1, 0.15) is 0 Å². The Labute approximate surface area is 163 Å². The third-order valence-electron chi connectivity index (χ3n) is 5.36. The van der Waals surface area contributed by atoms with Crippen LogP contribution in [0.25, 0.3) is 10.8 Å². The van der Waals surface area contributed by atoms with Gasteiger partial charge < -0.3 is 5.32 Å². The first-order chi connectivity index (χ1) is 13.7. The number of rotatable bonds is 5. The number of hydrogen-bond acceptors (Lipinski definition) is 4. The first kappa shape index (κ1) is 18.4. The predicted molar refractivity (Wildman–Crippen MR) is 109 cm³/mol. The van der Waals surface area contributed by atoms with Crippen LogP contribution < -0.4 is 10.9 Å². The third kappa shape index (κ3) is 4.12. The first-order valence-electron chi connectivity index (χ1n) is 9.69. The Kier molecular flexibility index (Phi) is 5.48. The lowest BCUT2D eigenvalue weighted by Gasteiger charge is -2.31. The fourth-order valence-corrected chi connectivity index (χ4v) is 3.68. The van der Waals surface area contributed by atoms with E-state index in [1.54, 1.807) is 6.20 Å². The zero-order chi connectivity index (χ0) is 19.3. The van der Waals surface area contributed by atoms with Gasteiger partial charge in [0.05, 0.1) is 18.3 Å². The molecule has 0 bridgehead atoms. The minimum Gasteiger partial charge on any atom is -0.352 e. The minimum atomic E-state index is -0.0687. The monoisotopic (exact) mass is 376 g/mol.